The largest absolute Gasteiger partial charge is 0.363 e. The monoisotopic (exact) mass is 374 g/mol. The molecular weight excluding hydrogens is 340 g/mol. The average Bonchev–Trinajstić information content (AvgIpc) is 3.13. The molecule has 0 aliphatic heterocycles. The van der Waals surface area contributed by atoms with Gasteiger partial charge in [0, 0.05) is 47.5 Å². The third kappa shape index (κ3) is 5.58. The fourth-order valence-corrected chi connectivity index (χ4v) is 3.56. The van der Waals surface area contributed by atoms with E-state index in [0.29, 0.717) is 13.1 Å². The lowest BCUT2D eigenvalue weighted by molar-refractivity contribution is -0.138. The van der Waals surface area contributed by atoms with Crippen LogP contribution in [-0.2, 0) is 11.3 Å². The highest BCUT2D eigenvalue weighted by molar-refractivity contribution is 5.85. The number of carbonyl (C=O) groups excluding carboxylic acids is 1. The molecule has 0 bridgehead atoms. The summed E-state index contributed by atoms with van der Waals surface area (Å²) in [6, 6.07) is 4.02. The van der Waals surface area contributed by atoms with Gasteiger partial charge in [-0.05, 0) is 37.5 Å². The van der Waals surface area contributed by atoms with E-state index in [2.05, 4.69) is 15.6 Å². The smallest absolute Gasteiger partial charge is 0.230 e. The molecule has 2 rings (SSSR count). The van der Waals surface area contributed by atoms with Gasteiger partial charge in [0.15, 0.2) is 5.96 Å². The van der Waals surface area contributed by atoms with E-state index >= 15 is 0 Å². The van der Waals surface area contributed by atoms with Crippen molar-refractivity contribution in [1.29, 1.82) is 0 Å². The van der Waals surface area contributed by atoms with Gasteiger partial charge >= 0.3 is 0 Å². The highest BCUT2D eigenvalue weighted by atomic mass is 16.2. The van der Waals surface area contributed by atoms with Gasteiger partial charge < -0.3 is 20.4 Å². The van der Waals surface area contributed by atoms with Gasteiger partial charge in [-0.2, -0.15) is 0 Å². The Balaban J connectivity index is 2.07. The lowest BCUT2D eigenvalue weighted by atomic mass is 9.84. The Morgan fingerprint density at radius 3 is 2.52 bits per heavy atom. The van der Waals surface area contributed by atoms with Gasteiger partial charge in [0.1, 0.15) is 5.82 Å². The maximum Gasteiger partial charge on any atom is 0.230 e. The van der Waals surface area contributed by atoms with E-state index in [1.807, 2.05) is 58.3 Å². The highest BCUT2D eigenvalue weighted by Crippen LogP contribution is 2.38. The van der Waals surface area contributed by atoms with Gasteiger partial charge in [0.05, 0.1) is 12.0 Å². The number of pyridine rings is 1. The molecule has 1 saturated carbocycles. The van der Waals surface area contributed by atoms with E-state index in [4.69, 9.17) is 4.99 Å². The standard InChI is InChI=1S/C20H34N6O/c1-6-21-19(23-14-16-9-12-22-17(13-16)25(2)3)24-15-20(10-7-8-11-20)18(27)26(4)5/h9,12-13H,6-8,10-11,14-15H2,1-5H3,(H2,21,23,24). The van der Waals surface area contributed by atoms with Crippen molar-refractivity contribution >= 4 is 17.7 Å². The fraction of sp³-hybridized carbons (Fsp3) is 0.650. The van der Waals surface area contributed by atoms with Gasteiger partial charge in [-0.3, -0.25) is 4.79 Å². The minimum absolute atomic E-state index is 0.216. The molecule has 0 aromatic carbocycles. The molecule has 1 fully saturated rings. The molecule has 1 aromatic heterocycles. The van der Waals surface area contributed by atoms with Gasteiger partial charge in [0.25, 0.3) is 0 Å². The zero-order chi connectivity index (χ0) is 19.9. The SMILES string of the molecule is CCNC(=NCc1ccnc(N(C)C)c1)NCC1(C(=O)N(C)C)CCCC1. The number of aliphatic imine (C=N–C) groups is 1. The molecule has 150 valence electrons. The first-order valence-corrected chi connectivity index (χ1v) is 9.74. The number of aromatic nitrogens is 1. The average molecular weight is 375 g/mol. The minimum Gasteiger partial charge on any atom is -0.363 e. The van der Waals surface area contributed by atoms with Crippen LogP contribution < -0.4 is 15.5 Å². The summed E-state index contributed by atoms with van der Waals surface area (Å²) in [6.45, 7) is 4.01. The van der Waals surface area contributed by atoms with Gasteiger partial charge in [-0.15, -0.1) is 0 Å². The third-order valence-corrected chi connectivity index (χ3v) is 5.05. The van der Waals surface area contributed by atoms with Crippen LogP contribution in [0.1, 0.15) is 38.2 Å². The molecule has 0 unspecified atom stereocenters. The van der Waals surface area contributed by atoms with Crippen LogP contribution in [0, 0.1) is 5.41 Å². The first-order valence-electron chi connectivity index (χ1n) is 9.74. The van der Waals surface area contributed by atoms with Crippen LogP contribution in [-0.4, -0.2) is 63.0 Å². The lowest BCUT2D eigenvalue weighted by Crippen LogP contribution is -2.49. The van der Waals surface area contributed by atoms with E-state index in [1.54, 1.807) is 4.90 Å². The third-order valence-electron chi connectivity index (χ3n) is 5.05. The molecule has 7 heteroatoms. The number of amides is 1. The molecule has 0 spiro atoms. The summed E-state index contributed by atoms with van der Waals surface area (Å²) in [7, 11) is 7.63. The number of nitrogens with one attached hydrogen (secondary N) is 2. The Labute approximate surface area is 163 Å². The maximum atomic E-state index is 12.7. The minimum atomic E-state index is -0.311. The van der Waals surface area contributed by atoms with Crippen LogP contribution in [0.3, 0.4) is 0 Å². The summed E-state index contributed by atoms with van der Waals surface area (Å²) in [5.41, 5.74) is 0.792. The predicted molar refractivity (Wildman–Crippen MR) is 111 cm³/mol. The number of nitrogens with zero attached hydrogens (tertiary/aromatic N) is 4. The van der Waals surface area contributed by atoms with Crippen molar-refractivity contribution in [3.63, 3.8) is 0 Å². The normalized spacial score (nSPS) is 16.1. The van der Waals surface area contributed by atoms with E-state index in [1.165, 1.54) is 0 Å². The van der Waals surface area contributed by atoms with Gasteiger partial charge in [-0.1, -0.05) is 12.8 Å². The molecule has 1 aromatic rings. The Hall–Kier alpha value is -2.31. The number of carbonyl (C=O) groups is 1. The van der Waals surface area contributed by atoms with Gasteiger partial charge in [0.2, 0.25) is 5.91 Å². The van der Waals surface area contributed by atoms with Crippen molar-refractivity contribution in [3.05, 3.63) is 23.9 Å². The second-order valence-corrected chi connectivity index (χ2v) is 7.65. The maximum absolute atomic E-state index is 12.7. The van der Waals surface area contributed by atoms with Crippen molar-refractivity contribution in [2.24, 2.45) is 10.4 Å². The molecular formula is C20H34N6O. The van der Waals surface area contributed by atoms with Crippen molar-refractivity contribution in [1.82, 2.24) is 20.5 Å². The van der Waals surface area contributed by atoms with Crippen LogP contribution >= 0.6 is 0 Å². The topological polar surface area (TPSA) is 72.9 Å². The van der Waals surface area contributed by atoms with Crippen molar-refractivity contribution in [3.8, 4) is 0 Å². The Morgan fingerprint density at radius 2 is 1.93 bits per heavy atom. The number of guanidine groups is 1. The molecule has 2 N–H and O–H groups in total. The zero-order valence-corrected chi connectivity index (χ0v) is 17.4. The van der Waals surface area contributed by atoms with E-state index in [0.717, 1.165) is 49.6 Å². The molecule has 1 aliphatic rings. The van der Waals surface area contributed by atoms with Crippen LogP contribution in [0.4, 0.5) is 5.82 Å². The van der Waals surface area contributed by atoms with E-state index in [-0.39, 0.29) is 11.3 Å². The summed E-state index contributed by atoms with van der Waals surface area (Å²) in [6.07, 6.45) is 5.91. The summed E-state index contributed by atoms with van der Waals surface area (Å²) in [4.78, 5) is 25.5. The molecule has 1 heterocycles. The summed E-state index contributed by atoms with van der Waals surface area (Å²) in [5.74, 6) is 1.88. The van der Waals surface area contributed by atoms with Crippen molar-refractivity contribution in [2.75, 3.05) is 46.2 Å². The summed E-state index contributed by atoms with van der Waals surface area (Å²) in [5, 5.41) is 6.70. The van der Waals surface area contributed by atoms with Crippen molar-refractivity contribution < 1.29 is 4.79 Å². The zero-order valence-electron chi connectivity index (χ0n) is 17.4. The number of hydrogen-bond donors (Lipinski definition) is 2. The Morgan fingerprint density at radius 1 is 1.22 bits per heavy atom. The second-order valence-electron chi connectivity index (χ2n) is 7.65. The number of hydrogen-bond acceptors (Lipinski definition) is 4. The van der Waals surface area contributed by atoms with Crippen LogP contribution in [0.15, 0.2) is 23.3 Å². The number of rotatable bonds is 7. The van der Waals surface area contributed by atoms with Crippen LogP contribution in [0.2, 0.25) is 0 Å². The number of anilines is 1. The molecule has 0 atom stereocenters. The van der Waals surface area contributed by atoms with E-state index < -0.39 is 0 Å². The molecule has 7 nitrogen and oxygen atoms in total. The molecule has 0 saturated heterocycles. The van der Waals surface area contributed by atoms with Crippen LogP contribution in [0.5, 0.6) is 0 Å². The fourth-order valence-electron chi connectivity index (χ4n) is 3.56. The Kier molecular flexibility index (Phi) is 7.45. The second kappa shape index (κ2) is 9.58. The summed E-state index contributed by atoms with van der Waals surface area (Å²) >= 11 is 0. The predicted octanol–water partition coefficient (Wildman–Crippen LogP) is 1.85. The first kappa shape index (κ1) is 21.0. The first-order chi connectivity index (χ1) is 12.9. The molecule has 1 aliphatic carbocycles. The lowest BCUT2D eigenvalue weighted by Gasteiger charge is -2.31. The highest BCUT2D eigenvalue weighted by Gasteiger charge is 2.42. The van der Waals surface area contributed by atoms with E-state index in [9.17, 15) is 4.79 Å². The molecule has 27 heavy (non-hydrogen) atoms. The van der Waals surface area contributed by atoms with Crippen molar-refractivity contribution in [2.45, 2.75) is 39.2 Å². The molecule has 1 amide bonds. The quantitative estimate of drug-likeness (QED) is 0.563. The Bertz CT molecular complexity index is 650. The van der Waals surface area contributed by atoms with Gasteiger partial charge in [-0.25, -0.2) is 9.98 Å². The molecule has 0 radical (unpaired) electrons. The summed E-state index contributed by atoms with van der Waals surface area (Å²) < 4.78 is 0. The van der Waals surface area contributed by atoms with Crippen LogP contribution in [0.25, 0.3) is 0 Å².